The van der Waals surface area contributed by atoms with Gasteiger partial charge in [0.05, 0.1) is 12.3 Å². The van der Waals surface area contributed by atoms with Crippen molar-refractivity contribution in [2.75, 3.05) is 25.7 Å². The van der Waals surface area contributed by atoms with Crippen molar-refractivity contribution < 1.29 is 33.3 Å². The number of ether oxygens (including phenoxy) is 2. The predicted octanol–water partition coefficient (Wildman–Crippen LogP) is 4.56. The monoisotopic (exact) mass is 612 g/mol. The van der Waals surface area contributed by atoms with Crippen molar-refractivity contribution in [1.29, 1.82) is 0 Å². The number of hydrogen-bond donors (Lipinski definition) is 2. The van der Waals surface area contributed by atoms with Gasteiger partial charge in [0.1, 0.15) is 40.6 Å². The first-order chi connectivity index (χ1) is 19.3. The first-order valence-electron chi connectivity index (χ1n) is 12.9. The van der Waals surface area contributed by atoms with Crippen LogP contribution in [0.1, 0.15) is 38.8 Å². The second kappa shape index (κ2) is 12.3. The second-order valence-electron chi connectivity index (χ2n) is 10.9. The number of halogens is 4. The van der Waals surface area contributed by atoms with Crippen LogP contribution in [0.3, 0.4) is 0 Å². The molecule has 13 heteroatoms. The minimum Gasteiger partial charge on any atom is -0.396 e. The van der Waals surface area contributed by atoms with E-state index in [4.69, 9.17) is 32.7 Å². The summed E-state index contributed by atoms with van der Waals surface area (Å²) in [6.45, 7) is 5.71. The number of hydrogen-bond acceptors (Lipinski definition) is 7. The zero-order chi connectivity index (χ0) is 30.2. The van der Waals surface area contributed by atoms with E-state index in [0.29, 0.717) is 10.7 Å². The largest absolute Gasteiger partial charge is 0.396 e. The number of aliphatic hydroxyl groups excluding tert-OH is 2. The van der Waals surface area contributed by atoms with Crippen LogP contribution in [0.15, 0.2) is 36.5 Å². The second-order valence-corrected chi connectivity index (χ2v) is 11.7. The van der Waals surface area contributed by atoms with Gasteiger partial charge in [-0.15, -0.1) is 5.10 Å². The Hall–Kier alpha value is -2.67. The lowest BCUT2D eigenvalue weighted by Crippen LogP contribution is -2.60. The molecule has 0 spiro atoms. The van der Waals surface area contributed by atoms with E-state index in [0.717, 1.165) is 17.7 Å². The highest BCUT2D eigenvalue weighted by Crippen LogP contribution is 2.38. The number of aromatic nitrogens is 3. The zero-order valence-electron chi connectivity index (χ0n) is 23.2. The maximum atomic E-state index is 14.1. The Bertz CT molecular complexity index is 1390. The van der Waals surface area contributed by atoms with E-state index in [1.54, 1.807) is 19.2 Å². The molecule has 5 atom stereocenters. The van der Waals surface area contributed by atoms with Gasteiger partial charge in [-0.05, 0) is 41.7 Å². The van der Waals surface area contributed by atoms with Gasteiger partial charge in [0, 0.05) is 37.0 Å². The Morgan fingerprint density at radius 1 is 1.20 bits per heavy atom. The average Bonchev–Trinajstić information content (AvgIpc) is 3.40. The molecular formula is C28H32Cl2F2N4O5. The number of aliphatic hydroxyl groups is 2. The zero-order valence-corrected chi connectivity index (χ0v) is 24.7. The van der Waals surface area contributed by atoms with Gasteiger partial charge in [-0.3, -0.25) is 4.79 Å². The highest BCUT2D eigenvalue weighted by Gasteiger charge is 2.50. The lowest BCUT2D eigenvalue weighted by atomic mass is 9.85. The molecule has 1 fully saturated rings. The third-order valence-corrected chi connectivity index (χ3v) is 7.77. The van der Waals surface area contributed by atoms with Crippen LogP contribution in [0.2, 0.25) is 10.0 Å². The maximum Gasteiger partial charge on any atom is 0.258 e. The molecule has 0 unspecified atom stereocenters. The lowest BCUT2D eigenvalue weighted by Gasteiger charge is -2.44. The van der Waals surface area contributed by atoms with E-state index in [2.05, 4.69) is 10.3 Å². The molecule has 0 saturated carbocycles. The van der Waals surface area contributed by atoms with Crippen LogP contribution in [0.5, 0.6) is 0 Å². The molecule has 1 aliphatic rings. The summed E-state index contributed by atoms with van der Waals surface area (Å²) in [7, 11) is 2.96. The normalized spacial score (nSPS) is 23.0. The van der Waals surface area contributed by atoms with Crippen molar-refractivity contribution in [2.45, 2.75) is 63.1 Å². The highest BCUT2D eigenvalue weighted by molar-refractivity contribution is 6.31. The molecular weight excluding hydrogens is 581 g/mol. The van der Waals surface area contributed by atoms with Crippen LogP contribution < -0.4 is 4.90 Å². The molecule has 2 aromatic carbocycles. The van der Waals surface area contributed by atoms with E-state index in [1.807, 2.05) is 26.8 Å². The maximum absolute atomic E-state index is 14.1. The fourth-order valence-corrected chi connectivity index (χ4v) is 5.33. The molecule has 2 heterocycles. The first kappa shape index (κ1) is 31.3. The number of carbonyl (C=O) groups excluding carboxylic acids is 1. The topological polar surface area (TPSA) is 110 Å². The highest BCUT2D eigenvalue weighted by atomic mass is 35.5. The predicted molar refractivity (Wildman–Crippen MR) is 150 cm³/mol. The summed E-state index contributed by atoms with van der Waals surface area (Å²) in [6.07, 6.45) is -3.17. The fourth-order valence-electron chi connectivity index (χ4n) is 5.06. The number of carbonyl (C=O) groups is 1. The van der Waals surface area contributed by atoms with Gasteiger partial charge >= 0.3 is 0 Å². The third kappa shape index (κ3) is 6.25. The number of likely N-dealkylation sites (N-methyl/N-ethyl adjacent to an activating group) is 1. The third-order valence-electron chi connectivity index (χ3n) is 7.17. The summed E-state index contributed by atoms with van der Waals surface area (Å²) in [5.74, 6) is -2.42. The van der Waals surface area contributed by atoms with E-state index in [-0.39, 0.29) is 29.7 Å². The van der Waals surface area contributed by atoms with Gasteiger partial charge in [0.2, 0.25) is 0 Å². The average molecular weight is 613 g/mol. The van der Waals surface area contributed by atoms with Gasteiger partial charge in [-0.1, -0.05) is 55.3 Å². The summed E-state index contributed by atoms with van der Waals surface area (Å²) in [6, 6.07) is 6.32. The number of amides is 1. The number of rotatable bonds is 7. The van der Waals surface area contributed by atoms with Gasteiger partial charge in [-0.25, -0.2) is 13.5 Å². The molecule has 3 aromatic rings. The molecule has 1 aliphatic heterocycles. The number of anilines is 1. The minimum atomic E-state index is -1.29. The van der Waals surface area contributed by atoms with Gasteiger partial charge in [0.15, 0.2) is 6.10 Å². The molecule has 1 amide bonds. The molecule has 222 valence electrons. The molecule has 0 bridgehead atoms. The van der Waals surface area contributed by atoms with E-state index >= 15 is 0 Å². The first-order valence-corrected chi connectivity index (χ1v) is 13.7. The number of nitrogens with zero attached hydrogens (tertiary/aromatic N) is 4. The van der Waals surface area contributed by atoms with Crippen molar-refractivity contribution in [2.24, 2.45) is 0 Å². The standard InChI is InChI=1S/C28H32Cl2F2N4O5/c1-28(2,3)16-7-6-15(29)12-20(16)35(4)27(39)26-25(40-5)23(24(38)21(41-26)8-9-37)36-13-19(33-34-36)14-10-17(31)22(30)18(32)11-14/h6-7,10-13,21,23-26,37-38H,8-9H2,1-5H3/t21-,23+,24+,25-,26-/m1/s1. The Kier molecular flexibility index (Phi) is 9.37. The van der Waals surface area contributed by atoms with E-state index in [9.17, 15) is 23.8 Å². The molecule has 1 aromatic heterocycles. The van der Waals surface area contributed by atoms with Crippen LogP contribution >= 0.6 is 23.2 Å². The number of benzene rings is 2. The fraction of sp³-hybridized carbons (Fsp3) is 0.464. The Morgan fingerprint density at radius 2 is 1.85 bits per heavy atom. The van der Waals surface area contributed by atoms with Crippen LogP contribution in [-0.4, -0.2) is 76.3 Å². The lowest BCUT2D eigenvalue weighted by molar-refractivity contribution is -0.206. The summed E-state index contributed by atoms with van der Waals surface area (Å²) in [4.78, 5) is 15.4. The molecule has 0 radical (unpaired) electrons. The van der Waals surface area contributed by atoms with Crippen LogP contribution in [0, 0.1) is 11.6 Å². The molecule has 9 nitrogen and oxygen atoms in total. The summed E-state index contributed by atoms with van der Waals surface area (Å²) >= 11 is 11.9. The van der Waals surface area contributed by atoms with Crippen LogP contribution in [0.25, 0.3) is 11.3 Å². The SMILES string of the molecule is CO[C@@H]1[C@@H](n2cc(-c3cc(F)c(Cl)c(F)c3)nn2)[C@@H](O)[C@@H](CCO)O[C@H]1C(=O)N(C)c1cc(Cl)ccc1C(C)(C)C. The van der Waals surface area contributed by atoms with Gasteiger partial charge < -0.3 is 24.6 Å². The molecule has 41 heavy (non-hydrogen) atoms. The van der Waals surface area contributed by atoms with Crippen molar-refractivity contribution >= 4 is 34.8 Å². The number of methoxy groups -OCH3 is 1. The Balaban J connectivity index is 1.74. The Labute approximate surface area is 246 Å². The van der Waals surface area contributed by atoms with Crippen LogP contribution in [0.4, 0.5) is 14.5 Å². The molecule has 1 saturated heterocycles. The van der Waals surface area contributed by atoms with E-state index in [1.165, 1.54) is 22.9 Å². The van der Waals surface area contributed by atoms with E-state index < -0.39 is 53.0 Å². The summed E-state index contributed by atoms with van der Waals surface area (Å²) in [5, 5.41) is 28.8. The molecule has 4 rings (SSSR count). The van der Waals surface area contributed by atoms with Crippen molar-refractivity contribution in [1.82, 2.24) is 15.0 Å². The summed E-state index contributed by atoms with van der Waals surface area (Å²) in [5.41, 5.74) is 1.29. The van der Waals surface area contributed by atoms with Crippen molar-refractivity contribution in [3.8, 4) is 11.3 Å². The minimum absolute atomic E-state index is 0.0150. The van der Waals surface area contributed by atoms with Crippen LogP contribution in [-0.2, 0) is 19.7 Å². The van der Waals surface area contributed by atoms with Crippen molar-refractivity contribution in [3.05, 3.63) is 63.8 Å². The van der Waals surface area contributed by atoms with Gasteiger partial charge in [0.25, 0.3) is 5.91 Å². The quantitative estimate of drug-likeness (QED) is 0.376. The summed E-state index contributed by atoms with van der Waals surface area (Å²) < 4.78 is 41.3. The Morgan fingerprint density at radius 3 is 2.44 bits per heavy atom. The molecule has 2 N–H and O–H groups in total. The molecule has 0 aliphatic carbocycles. The smallest absolute Gasteiger partial charge is 0.258 e. The van der Waals surface area contributed by atoms with Gasteiger partial charge in [-0.2, -0.15) is 0 Å². The van der Waals surface area contributed by atoms with Crippen molar-refractivity contribution in [3.63, 3.8) is 0 Å².